The Kier molecular flexibility index (Phi) is 2.99. The van der Waals surface area contributed by atoms with Gasteiger partial charge in [-0.15, -0.1) is 0 Å². The zero-order chi connectivity index (χ0) is 12.3. The third-order valence-corrected chi connectivity index (χ3v) is 2.25. The molecule has 0 saturated heterocycles. The molecule has 3 N–H and O–H groups in total. The molecule has 4 nitrogen and oxygen atoms in total. The minimum absolute atomic E-state index is 0.257. The van der Waals surface area contributed by atoms with Gasteiger partial charge in [-0.1, -0.05) is 0 Å². The summed E-state index contributed by atoms with van der Waals surface area (Å²) in [5.74, 6) is 4.81. The minimum atomic E-state index is -0.466. The van der Waals surface area contributed by atoms with Crippen molar-refractivity contribution in [1.29, 1.82) is 5.26 Å². The van der Waals surface area contributed by atoms with Crippen molar-refractivity contribution < 1.29 is 4.39 Å². The number of nitrogens with one attached hydrogen (secondary N) is 1. The van der Waals surface area contributed by atoms with Crippen LogP contribution in [0.25, 0.3) is 11.3 Å². The number of nitriles is 1. The van der Waals surface area contributed by atoms with Crippen molar-refractivity contribution >= 4 is 5.69 Å². The molecule has 0 radical (unpaired) electrons. The second kappa shape index (κ2) is 4.60. The molecule has 0 aliphatic carbocycles. The maximum atomic E-state index is 13.3. The summed E-state index contributed by atoms with van der Waals surface area (Å²) in [6.45, 7) is 0. The average Bonchev–Trinajstić information content (AvgIpc) is 2.38. The first-order chi connectivity index (χ1) is 8.22. The molecule has 0 saturated carbocycles. The van der Waals surface area contributed by atoms with Gasteiger partial charge in [-0.3, -0.25) is 10.8 Å². The molecule has 1 aromatic heterocycles. The largest absolute Gasteiger partial charge is 0.324 e. The van der Waals surface area contributed by atoms with Crippen LogP contribution in [-0.4, -0.2) is 4.98 Å². The summed E-state index contributed by atoms with van der Waals surface area (Å²) < 4.78 is 13.3. The lowest BCUT2D eigenvalue weighted by Crippen LogP contribution is -2.06. The van der Waals surface area contributed by atoms with E-state index < -0.39 is 5.82 Å². The van der Waals surface area contributed by atoms with E-state index in [4.69, 9.17) is 11.1 Å². The highest BCUT2D eigenvalue weighted by atomic mass is 19.1. The third kappa shape index (κ3) is 2.38. The summed E-state index contributed by atoms with van der Waals surface area (Å²) in [5.41, 5.74) is 4.50. The Balaban J connectivity index is 2.52. The number of benzene rings is 1. The van der Waals surface area contributed by atoms with Crippen molar-refractivity contribution in [2.75, 3.05) is 5.43 Å². The molecule has 2 rings (SSSR count). The van der Waals surface area contributed by atoms with Crippen molar-refractivity contribution in [3.63, 3.8) is 0 Å². The SMILES string of the molecule is N#Cc1cc(F)cc(-c2cc(NN)ccn2)c1. The third-order valence-electron chi connectivity index (χ3n) is 2.25. The molecule has 1 heterocycles. The highest BCUT2D eigenvalue weighted by molar-refractivity contribution is 5.65. The normalized spacial score (nSPS) is 9.71. The maximum Gasteiger partial charge on any atom is 0.125 e. The highest BCUT2D eigenvalue weighted by Crippen LogP contribution is 2.22. The molecule has 1 aromatic carbocycles. The van der Waals surface area contributed by atoms with Crippen molar-refractivity contribution in [3.05, 3.63) is 47.9 Å². The predicted octanol–water partition coefficient (Wildman–Crippen LogP) is 2.04. The number of pyridine rings is 1. The van der Waals surface area contributed by atoms with Crippen LogP contribution in [-0.2, 0) is 0 Å². The van der Waals surface area contributed by atoms with Gasteiger partial charge in [-0.05, 0) is 30.3 Å². The smallest absolute Gasteiger partial charge is 0.125 e. The number of hydrogen-bond acceptors (Lipinski definition) is 4. The molecule has 0 bridgehead atoms. The van der Waals surface area contributed by atoms with Gasteiger partial charge in [-0.25, -0.2) is 4.39 Å². The van der Waals surface area contributed by atoms with Gasteiger partial charge in [-0.2, -0.15) is 5.26 Å². The predicted molar refractivity (Wildman–Crippen MR) is 62.2 cm³/mol. The number of halogens is 1. The topological polar surface area (TPSA) is 74.7 Å². The summed E-state index contributed by atoms with van der Waals surface area (Å²) >= 11 is 0. The van der Waals surface area contributed by atoms with Crippen molar-refractivity contribution in [3.8, 4) is 17.3 Å². The number of nitrogen functional groups attached to an aromatic ring is 1. The molecule has 0 atom stereocenters. The number of anilines is 1. The highest BCUT2D eigenvalue weighted by Gasteiger charge is 2.04. The van der Waals surface area contributed by atoms with Crippen LogP contribution in [0.2, 0.25) is 0 Å². The van der Waals surface area contributed by atoms with Gasteiger partial charge < -0.3 is 5.43 Å². The number of hydrazine groups is 1. The Labute approximate surface area is 97.5 Å². The molecule has 0 aliphatic rings. The van der Waals surface area contributed by atoms with Gasteiger partial charge in [0.2, 0.25) is 0 Å². The van der Waals surface area contributed by atoms with Crippen LogP contribution in [0.1, 0.15) is 5.56 Å². The van der Waals surface area contributed by atoms with Crippen LogP contribution in [0.15, 0.2) is 36.5 Å². The minimum Gasteiger partial charge on any atom is -0.324 e. The van der Waals surface area contributed by atoms with E-state index in [2.05, 4.69) is 10.4 Å². The van der Waals surface area contributed by atoms with Crippen LogP contribution in [0.3, 0.4) is 0 Å². The average molecular weight is 228 g/mol. The lowest BCUT2D eigenvalue weighted by atomic mass is 10.1. The Morgan fingerprint density at radius 1 is 1.29 bits per heavy atom. The van der Waals surface area contributed by atoms with Gasteiger partial charge in [0, 0.05) is 11.8 Å². The van der Waals surface area contributed by atoms with E-state index in [9.17, 15) is 4.39 Å². The zero-order valence-electron chi connectivity index (χ0n) is 8.81. The fourth-order valence-electron chi connectivity index (χ4n) is 1.48. The fourth-order valence-corrected chi connectivity index (χ4v) is 1.48. The van der Waals surface area contributed by atoms with Gasteiger partial charge in [0.1, 0.15) is 5.82 Å². The first kappa shape index (κ1) is 11.0. The van der Waals surface area contributed by atoms with E-state index in [1.807, 2.05) is 6.07 Å². The van der Waals surface area contributed by atoms with E-state index in [0.29, 0.717) is 16.9 Å². The van der Waals surface area contributed by atoms with E-state index in [0.717, 1.165) is 0 Å². The summed E-state index contributed by atoms with van der Waals surface area (Å²) in [5, 5.41) is 8.76. The summed E-state index contributed by atoms with van der Waals surface area (Å²) in [4.78, 5) is 4.10. The second-order valence-electron chi connectivity index (χ2n) is 3.41. The van der Waals surface area contributed by atoms with Gasteiger partial charge >= 0.3 is 0 Å². The quantitative estimate of drug-likeness (QED) is 0.609. The monoisotopic (exact) mass is 228 g/mol. The van der Waals surface area contributed by atoms with Crippen LogP contribution in [0.4, 0.5) is 10.1 Å². The van der Waals surface area contributed by atoms with Crippen LogP contribution in [0.5, 0.6) is 0 Å². The van der Waals surface area contributed by atoms with Gasteiger partial charge in [0.15, 0.2) is 0 Å². The molecule has 0 aliphatic heterocycles. The molecule has 0 spiro atoms. The van der Waals surface area contributed by atoms with E-state index in [-0.39, 0.29) is 5.56 Å². The standard InChI is InChI=1S/C12H9FN4/c13-10-4-8(7-14)3-9(5-10)12-6-11(17-15)1-2-16-12/h1-6H,15H2,(H,16,17). The van der Waals surface area contributed by atoms with Gasteiger partial charge in [0.05, 0.1) is 23.0 Å². The number of hydrogen-bond donors (Lipinski definition) is 2. The zero-order valence-corrected chi connectivity index (χ0v) is 8.81. The summed E-state index contributed by atoms with van der Waals surface area (Å²) in [6.07, 6.45) is 1.56. The fraction of sp³-hybridized carbons (Fsp3) is 0. The Morgan fingerprint density at radius 3 is 2.82 bits per heavy atom. The summed E-state index contributed by atoms with van der Waals surface area (Å²) in [6, 6.07) is 9.34. The molecule has 5 heteroatoms. The molecule has 2 aromatic rings. The molecule has 0 unspecified atom stereocenters. The Bertz CT molecular complexity index is 589. The first-order valence-corrected chi connectivity index (χ1v) is 4.86. The number of nitrogens with zero attached hydrogens (tertiary/aromatic N) is 2. The van der Waals surface area contributed by atoms with E-state index in [1.54, 1.807) is 24.4 Å². The van der Waals surface area contributed by atoms with Crippen LogP contribution < -0.4 is 11.3 Å². The van der Waals surface area contributed by atoms with Gasteiger partial charge in [0.25, 0.3) is 0 Å². The van der Waals surface area contributed by atoms with Crippen LogP contribution >= 0.6 is 0 Å². The molecular formula is C12H9FN4. The van der Waals surface area contributed by atoms with E-state index in [1.165, 1.54) is 12.1 Å². The van der Waals surface area contributed by atoms with E-state index >= 15 is 0 Å². The molecule has 84 valence electrons. The molecule has 0 fully saturated rings. The first-order valence-electron chi connectivity index (χ1n) is 4.86. The number of rotatable bonds is 2. The molecular weight excluding hydrogens is 219 g/mol. The maximum absolute atomic E-state index is 13.3. The van der Waals surface area contributed by atoms with Crippen molar-refractivity contribution in [1.82, 2.24) is 4.98 Å². The molecule has 17 heavy (non-hydrogen) atoms. The van der Waals surface area contributed by atoms with Crippen molar-refractivity contribution in [2.24, 2.45) is 5.84 Å². The second-order valence-corrected chi connectivity index (χ2v) is 3.41. The number of nitrogens with two attached hydrogens (primary N) is 1. The Hall–Kier alpha value is -2.45. The Morgan fingerprint density at radius 2 is 2.12 bits per heavy atom. The lowest BCUT2D eigenvalue weighted by molar-refractivity contribution is 0.628. The van der Waals surface area contributed by atoms with Crippen LogP contribution in [0, 0.1) is 17.1 Å². The number of aromatic nitrogens is 1. The van der Waals surface area contributed by atoms with Crippen molar-refractivity contribution in [2.45, 2.75) is 0 Å². The summed E-state index contributed by atoms with van der Waals surface area (Å²) in [7, 11) is 0. The molecule has 0 amide bonds. The lowest BCUT2D eigenvalue weighted by Gasteiger charge is -2.04.